The van der Waals surface area contributed by atoms with Crippen LogP contribution < -0.4 is 16.0 Å². The number of hydrogen-bond donors (Lipinski definition) is 3. The van der Waals surface area contributed by atoms with Crippen molar-refractivity contribution < 1.29 is 23.9 Å². The third kappa shape index (κ3) is 5.77. The Morgan fingerprint density at radius 3 is 2.51 bits per heavy atom. The number of nitrogens with one attached hydrogen (secondary N) is 1. The van der Waals surface area contributed by atoms with Crippen LogP contribution >= 0.6 is 0 Å². The molecule has 1 aliphatic heterocycles. The van der Waals surface area contributed by atoms with Crippen molar-refractivity contribution in [3.8, 4) is 17.0 Å². The van der Waals surface area contributed by atoms with Crippen LogP contribution in [0.15, 0.2) is 78.9 Å². The van der Waals surface area contributed by atoms with E-state index in [4.69, 9.17) is 15.5 Å². The molecule has 2 amide bonds. The number of benzene rings is 3. The first-order valence-electron chi connectivity index (χ1n) is 13.6. The van der Waals surface area contributed by atoms with E-state index in [1.165, 1.54) is 17.0 Å². The number of amides is 2. The van der Waals surface area contributed by atoms with Crippen LogP contribution in [0.25, 0.3) is 22.2 Å². The minimum absolute atomic E-state index is 0.138. The van der Waals surface area contributed by atoms with Crippen LogP contribution in [0, 0.1) is 11.7 Å². The predicted octanol–water partition coefficient (Wildman–Crippen LogP) is 4.93. The zero-order valence-electron chi connectivity index (χ0n) is 23.0. The maximum absolute atomic E-state index is 13.5. The van der Waals surface area contributed by atoms with E-state index in [0.29, 0.717) is 30.7 Å². The first-order chi connectivity index (χ1) is 19.7. The molecular weight excluding hydrogens is 523 g/mol. The van der Waals surface area contributed by atoms with Gasteiger partial charge in [0.25, 0.3) is 5.91 Å². The van der Waals surface area contributed by atoms with Crippen molar-refractivity contribution in [2.45, 2.75) is 44.9 Å². The summed E-state index contributed by atoms with van der Waals surface area (Å²) < 4.78 is 19.6. The number of nitrogens with zero attached hydrogens (tertiary/aromatic N) is 2. The normalized spacial score (nSPS) is 17.7. The number of aromatic nitrogens is 1. The Balaban J connectivity index is 1.34. The Morgan fingerprint density at radius 1 is 1.12 bits per heavy atom. The van der Waals surface area contributed by atoms with Crippen molar-refractivity contribution in [1.82, 2.24) is 15.4 Å². The number of rotatable bonds is 9. The molecule has 0 unspecified atom stereocenters. The molecule has 0 aliphatic carbocycles. The highest BCUT2D eigenvalue weighted by Crippen LogP contribution is 2.34. The lowest BCUT2D eigenvalue weighted by Crippen LogP contribution is -2.52. The van der Waals surface area contributed by atoms with Gasteiger partial charge >= 0.3 is 0 Å². The molecule has 3 aromatic carbocycles. The second-order valence-corrected chi connectivity index (χ2v) is 10.8. The number of nitrogens with two attached hydrogens (primary N) is 1. The number of para-hydroxylation sites is 1. The van der Waals surface area contributed by atoms with Gasteiger partial charge in [-0.05, 0) is 72.9 Å². The van der Waals surface area contributed by atoms with E-state index in [1.54, 1.807) is 41.9 Å². The summed E-state index contributed by atoms with van der Waals surface area (Å²) in [6.07, 6.45) is 0.752. The molecule has 41 heavy (non-hydrogen) atoms. The van der Waals surface area contributed by atoms with Crippen LogP contribution in [0.5, 0.6) is 5.75 Å². The lowest BCUT2D eigenvalue weighted by atomic mass is 9.89. The van der Waals surface area contributed by atoms with Gasteiger partial charge in [0.1, 0.15) is 29.8 Å². The molecule has 8 nitrogen and oxygen atoms in total. The fraction of sp³-hybridized carbons (Fsp3) is 0.281. The Bertz CT molecular complexity index is 1560. The topological polar surface area (TPSA) is 118 Å². The number of pyridine rings is 1. The molecule has 212 valence electrons. The molecule has 0 spiro atoms. The van der Waals surface area contributed by atoms with E-state index in [1.807, 2.05) is 44.2 Å². The standard InChI is InChI=1S/C32H33FN4O4/c1-20(2)17-29(30(38)36-40)37-16-15-32(34,31(37)39)23-9-13-25(14-10-23)41-19-22-18-28(21-7-11-24(33)12-8-21)35-27-6-4-3-5-26(22)27/h3-14,18,20,29,40H,15-17,19,34H2,1-2H3,(H,36,38)/t29-,32-/m1/s1. The largest absolute Gasteiger partial charge is 0.489 e. The van der Waals surface area contributed by atoms with Crippen LogP contribution in [0.3, 0.4) is 0 Å². The average Bonchev–Trinajstić information content (AvgIpc) is 3.29. The van der Waals surface area contributed by atoms with Crippen LogP contribution in [0.2, 0.25) is 0 Å². The van der Waals surface area contributed by atoms with E-state index in [2.05, 4.69) is 0 Å². The Labute approximate surface area is 237 Å². The number of hydrogen-bond acceptors (Lipinski definition) is 6. The van der Waals surface area contributed by atoms with Gasteiger partial charge in [-0.2, -0.15) is 0 Å². The zero-order chi connectivity index (χ0) is 29.1. The van der Waals surface area contributed by atoms with Gasteiger partial charge in [0, 0.05) is 23.1 Å². The number of carbonyl (C=O) groups is 2. The van der Waals surface area contributed by atoms with Crippen molar-refractivity contribution in [3.05, 3.63) is 95.8 Å². The minimum atomic E-state index is -1.28. The van der Waals surface area contributed by atoms with Crippen molar-refractivity contribution in [2.75, 3.05) is 6.54 Å². The average molecular weight is 557 g/mol. The lowest BCUT2D eigenvalue weighted by Gasteiger charge is -2.30. The first-order valence-corrected chi connectivity index (χ1v) is 13.6. The highest BCUT2D eigenvalue weighted by atomic mass is 19.1. The van der Waals surface area contributed by atoms with Crippen LogP contribution in [0.4, 0.5) is 4.39 Å². The zero-order valence-corrected chi connectivity index (χ0v) is 23.0. The Morgan fingerprint density at radius 2 is 1.83 bits per heavy atom. The number of ether oxygens (including phenoxy) is 1. The van der Waals surface area contributed by atoms with Crippen LogP contribution in [0.1, 0.15) is 37.8 Å². The summed E-state index contributed by atoms with van der Waals surface area (Å²) in [5.41, 5.74) is 10.9. The summed E-state index contributed by atoms with van der Waals surface area (Å²) in [5, 5.41) is 10.2. The number of carbonyl (C=O) groups excluding carboxylic acids is 2. The molecule has 4 aromatic rings. The van der Waals surface area contributed by atoms with E-state index < -0.39 is 17.5 Å². The van der Waals surface area contributed by atoms with E-state index in [-0.39, 0.29) is 24.2 Å². The van der Waals surface area contributed by atoms with Gasteiger partial charge in [-0.1, -0.05) is 44.2 Å². The van der Waals surface area contributed by atoms with E-state index in [9.17, 15) is 19.2 Å². The molecule has 1 aliphatic rings. The van der Waals surface area contributed by atoms with Crippen molar-refractivity contribution >= 4 is 22.7 Å². The molecule has 2 heterocycles. The SMILES string of the molecule is CC(C)C[C@H](C(=O)NO)N1CC[C@@](N)(c2ccc(OCc3cc(-c4ccc(F)cc4)nc4ccccc34)cc2)C1=O. The summed E-state index contributed by atoms with van der Waals surface area (Å²) in [7, 11) is 0. The van der Waals surface area contributed by atoms with Crippen molar-refractivity contribution in [1.29, 1.82) is 0 Å². The predicted molar refractivity (Wildman–Crippen MR) is 153 cm³/mol. The second-order valence-electron chi connectivity index (χ2n) is 10.8. The maximum atomic E-state index is 13.5. The Hall–Kier alpha value is -4.34. The highest BCUT2D eigenvalue weighted by Gasteiger charge is 2.48. The Kier molecular flexibility index (Phi) is 8.01. The molecule has 5 rings (SSSR count). The van der Waals surface area contributed by atoms with Crippen LogP contribution in [-0.4, -0.2) is 39.5 Å². The molecule has 1 aromatic heterocycles. The van der Waals surface area contributed by atoms with Gasteiger partial charge in [0.15, 0.2) is 0 Å². The number of fused-ring (bicyclic) bond motifs is 1. The molecule has 1 saturated heterocycles. The minimum Gasteiger partial charge on any atom is -0.489 e. The summed E-state index contributed by atoms with van der Waals surface area (Å²) in [6, 6.07) is 22.2. The summed E-state index contributed by atoms with van der Waals surface area (Å²) in [5.74, 6) is -0.540. The van der Waals surface area contributed by atoms with Crippen molar-refractivity contribution in [3.63, 3.8) is 0 Å². The number of likely N-dealkylation sites (tertiary alicyclic amines) is 1. The van der Waals surface area contributed by atoms with Gasteiger partial charge < -0.3 is 15.4 Å². The molecule has 0 saturated carbocycles. The quantitative estimate of drug-likeness (QED) is 0.199. The van der Waals surface area contributed by atoms with Gasteiger partial charge in [-0.25, -0.2) is 14.9 Å². The molecule has 1 fully saturated rings. The third-order valence-electron chi connectivity index (χ3n) is 7.58. The van der Waals surface area contributed by atoms with E-state index in [0.717, 1.165) is 27.7 Å². The van der Waals surface area contributed by atoms with Crippen molar-refractivity contribution in [2.24, 2.45) is 11.7 Å². The number of halogens is 1. The molecule has 2 atom stereocenters. The smallest absolute Gasteiger partial charge is 0.266 e. The lowest BCUT2D eigenvalue weighted by molar-refractivity contribution is -0.144. The van der Waals surface area contributed by atoms with E-state index >= 15 is 0 Å². The second kappa shape index (κ2) is 11.6. The molecular formula is C32H33FN4O4. The molecule has 4 N–H and O–H groups in total. The fourth-order valence-electron chi connectivity index (χ4n) is 5.37. The summed E-state index contributed by atoms with van der Waals surface area (Å²) in [6.45, 7) is 4.48. The van der Waals surface area contributed by atoms with Gasteiger partial charge in [-0.15, -0.1) is 0 Å². The third-order valence-corrected chi connectivity index (χ3v) is 7.58. The summed E-state index contributed by atoms with van der Waals surface area (Å²) >= 11 is 0. The molecule has 0 radical (unpaired) electrons. The molecule has 0 bridgehead atoms. The van der Waals surface area contributed by atoms with Crippen LogP contribution in [-0.2, 0) is 21.7 Å². The summed E-state index contributed by atoms with van der Waals surface area (Å²) in [4.78, 5) is 32.0. The first kappa shape index (κ1) is 28.2. The van der Waals surface area contributed by atoms with Gasteiger partial charge in [-0.3, -0.25) is 14.8 Å². The molecule has 9 heteroatoms. The highest BCUT2D eigenvalue weighted by molar-refractivity contribution is 5.94. The maximum Gasteiger partial charge on any atom is 0.266 e. The van der Waals surface area contributed by atoms with Gasteiger partial charge in [0.2, 0.25) is 5.91 Å². The fourth-order valence-corrected chi connectivity index (χ4v) is 5.37. The monoisotopic (exact) mass is 556 g/mol. The number of hydroxylamine groups is 1. The van der Waals surface area contributed by atoms with Gasteiger partial charge in [0.05, 0.1) is 11.2 Å².